The number of Topliss-reactive ketones (excluding diaryl/α,β-unsaturated/α-hetero) is 1. The molecule has 3 nitrogen and oxygen atoms in total. The number of hydrogen-bond donors (Lipinski definition) is 0. The lowest BCUT2D eigenvalue weighted by atomic mass is 9.99. The van der Waals surface area contributed by atoms with Crippen molar-refractivity contribution in [3.8, 4) is 0 Å². The van der Waals surface area contributed by atoms with Crippen LogP contribution in [0.5, 0.6) is 0 Å². The van der Waals surface area contributed by atoms with E-state index in [2.05, 4.69) is 27.1 Å². The van der Waals surface area contributed by atoms with Crippen LogP contribution in [-0.2, 0) is 13.5 Å². The molecule has 102 valence electrons. The Labute approximate surface area is 126 Å². The average Bonchev–Trinajstić information content (AvgIpc) is 2.76. The van der Waals surface area contributed by atoms with Crippen LogP contribution < -0.4 is 0 Å². The molecule has 0 aliphatic heterocycles. The molecule has 0 bridgehead atoms. The molecule has 0 radical (unpaired) electrons. The highest BCUT2D eigenvalue weighted by Gasteiger charge is 2.20. The molecule has 0 amide bonds. The Balaban J connectivity index is 2.00. The van der Waals surface area contributed by atoms with E-state index in [1.807, 2.05) is 37.5 Å². The minimum absolute atomic E-state index is 0.135. The number of aromatic nitrogens is 2. The predicted molar refractivity (Wildman–Crippen MR) is 82.6 cm³/mol. The number of hydrogen-bond acceptors (Lipinski definition) is 2. The summed E-state index contributed by atoms with van der Waals surface area (Å²) in [7, 11) is 1.88. The van der Waals surface area contributed by atoms with Gasteiger partial charge in [-0.15, -0.1) is 0 Å². The van der Waals surface area contributed by atoms with E-state index in [0.717, 1.165) is 46.1 Å². The van der Waals surface area contributed by atoms with Crippen molar-refractivity contribution in [2.45, 2.75) is 19.3 Å². The zero-order valence-corrected chi connectivity index (χ0v) is 12.9. The SMILES string of the molecule is Cn1ccc(C=C2CCCc3cc(Br)ccc3C2=O)n1. The number of fused-ring (bicyclic) bond motifs is 1. The predicted octanol–water partition coefficient (Wildman–Crippen LogP) is 3.79. The third-order valence-corrected chi connectivity index (χ3v) is 4.05. The Kier molecular flexibility index (Phi) is 3.57. The van der Waals surface area contributed by atoms with E-state index in [-0.39, 0.29) is 5.78 Å². The highest BCUT2D eigenvalue weighted by Crippen LogP contribution is 2.27. The van der Waals surface area contributed by atoms with Crippen molar-refractivity contribution in [2.75, 3.05) is 0 Å². The second kappa shape index (κ2) is 5.37. The number of allylic oxidation sites excluding steroid dienone is 1. The molecule has 1 aliphatic carbocycles. The summed E-state index contributed by atoms with van der Waals surface area (Å²) in [6.45, 7) is 0. The molecular weight excluding hydrogens is 316 g/mol. The fraction of sp³-hybridized carbons (Fsp3) is 0.250. The van der Waals surface area contributed by atoms with Crippen LogP contribution in [-0.4, -0.2) is 15.6 Å². The number of halogens is 1. The molecule has 0 fully saturated rings. The number of ketones is 1. The van der Waals surface area contributed by atoms with Gasteiger partial charge in [-0.05, 0) is 55.2 Å². The lowest BCUT2D eigenvalue weighted by Crippen LogP contribution is -2.03. The van der Waals surface area contributed by atoms with Crippen molar-refractivity contribution in [3.05, 3.63) is 57.3 Å². The van der Waals surface area contributed by atoms with E-state index in [9.17, 15) is 4.79 Å². The van der Waals surface area contributed by atoms with E-state index in [1.165, 1.54) is 0 Å². The first-order valence-electron chi connectivity index (χ1n) is 6.67. The Bertz CT molecular complexity index is 700. The summed E-state index contributed by atoms with van der Waals surface area (Å²) in [6.07, 6.45) is 6.55. The fourth-order valence-electron chi connectivity index (χ4n) is 2.57. The van der Waals surface area contributed by atoms with Crippen LogP contribution in [0.15, 0.2) is 40.5 Å². The van der Waals surface area contributed by atoms with Crippen LogP contribution in [0.1, 0.15) is 34.5 Å². The second-order valence-corrected chi connectivity index (χ2v) is 5.98. The lowest BCUT2D eigenvalue weighted by Gasteiger charge is -2.05. The lowest BCUT2D eigenvalue weighted by molar-refractivity contribution is 0.103. The molecule has 0 unspecified atom stereocenters. The molecule has 3 rings (SSSR count). The minimum atomic E-state index is 0.135. The molecule has 1 aromatic carbocycles. The molecule has 0 atom stereocenters. The molecule has 0 spiro atoms. The highest BCUT2D eigenvalue weighted by atomic mass is 79.9. The zero-order chi connectivity index (χ0) is 14.1. The number of aryl methyl sites for hydroxylation is 2. The van der Waals surface area contributed by atoms with Gasteiger partial charge < -0.3 is 0 Å². The van der Waals surface area contributed by atoms with E-state index >= 15 is 0 Å². The Hall–Kier alpha value is -1.68. The summed E-state index contributed by atoms with van der Waals surface area (Å²) in [5, 5.41) is 4.32. The first-order chi connectivity index (χ1) is 9.63. The first kappa shape index (κ1) is 13.3. The highest BCUT2D eigenvalue weighted by molar-refractivity contribution is 9.10. The van der Waals surface area contributed by atoms with Gasteiger partial charge in [0.05, 0.1) is 5.69 Å². The van der Waals surface area contributed by atoms with E-state index in [1.54, 1.807) is 4.68 Å². The molecule has 20 heavy (non-hydrogen) atoms. The number of benzene rings is 1. The maximum atomic E-state index is 12.6. The van der Waals surface area contributed by atoms with E-state index in [4.69, 9.17) is 0 Å². The third kappa shape index (κ3) is 2.61. The van der Waals surface area contributed by atoms with Crippen molar-refractivity contribution < 1.29 is 4.79 Å². The van der Waals surface area contributed by atoms with Gasteiger partial charge in [-0.3, -0.25) is 9.48 Å². The van der Waals surface area contributed by atoms with E-state index in [0.29, 0.717) is 0 Å². The monoisotopic (exact) mass is 330 g/mol. The summed E-state index contributed by atoms with van der Waals surface area (Å²) in [5.74, 6) is 0.135. The summed E-state index contributed by atoms with van der Waals surface area (Å²) in [4.78, 5) is 12.6. The minimum Gasteiger partial charge on any atom is -0.289 e. The summed E-state index contributed by atoms with van der Waals surface area (Å²) >= 11 is 3.47. The quantitative estimate of drug-likeness (QED) is 0.589. The van der Waals surface area contributed by atoms with Gasteiger partial charge in [0, 0.05) is 28.9 Å². The molecular formula is C16H15BrN2O. The van der Waals surface area contributed by atoms with Crippen molar-refractivity contribution in [2.24, 2.45) is 7.05 Å². The number of carbonyl (C=O) groups is 1. The summed E-state index contributed by atoms with van der Waals surface area (Å²) in [5.41, 5.74) is 3.66. The standard InChI is InChI=1S/C16H15BrN2O/c1-19-8-7-14(18-19)10-12-4-2-3-11-9-13(17)5-6-15(11)16(12)20/h5-10H,2-4H2,1H3. The van der Waals surface area contributed by atoms with Gasteiger partial charge in [0.1, 0.15) is 0 Å². The third-order valence-electron chi connectivity index (χ3n) is 3.55. The van der Waals surface area contributed by atoms with Crippen LogP contribution in [0.2, 0.25) is 0 Å². The van der Waals surface area contributed by atoms with Crippen LogP contribution in [0.4, 0.5) is 0 Å². The molecule has 0 N–H and O–H groups in total. The second-order valence-electron chi connectivity index (χ2n) is 5.07. The van der Waals surface area contributed by atoms with Gasteiger partial charge in [-0.25, -0.2) is 0 Å². The van der Waals surface area contributed by atoms with Gasteiger partial charge in [0.2, 0.25) is 0 Å². The van der Waals surface area contributed by atoms with Crippen molar-refractivity contribution in [1.29, 1.82) is 0 Å². The molecule has 2 aromatic rings. The Morgan fingerprint density at radius 3 is 2.90 bits per heavy atom. The first-order valence-corrected chi connectivity index (χ1v) is 7.46. The zero-order valence-electron chi connectivity index (χ0n) is 11.3. The van der Waals surface area contributed by atoms with Crippen LogP contribution >= 0.6 is 15.9 Å². The van der Waals surface area contributed by atoms with E-state index < -0.39 is 0 Å². The maximum absolute atomic E-state index is 12.6. The molecule has 1 aromatic heterocycles. The normalized spacial score (nSPS) is 17.1. The van der Waals surface area contributed by atoms with Gasteiger partial charge in [0.15, 0.2) is 5.78 Å². The Morgan fingerprint density at radius 2 is 2.15 bits per heavy atom. The van der Waals surface area contributed by atoms with Crippen molar-refractivity contribution in [3.63, 3.8) is 0 Å². The molecule has 1 aliphatic rings. The fourth-order valence-corrected chi connectivity index (χ4v) is 2.98. The number of nitrogens with zero attached hydrogens (tertiary/aromatic N) is 2. The van der Waals surface area contributed by atoms with Crippen LogP contribution in [0.25, 0.3) is 6.08 Å². The van der Waals surface area contributed by atoms with Crippen molar-refractivity contribution >= 4 is 27.8 Å². The van der Waals surface area contributed by atoms with Gasteiger partial charge in [0.25, 0.3) is 0 Å². The number of carbonyl (C=O) groups excluding carboxylic acids is 1. The van der Waals surface area contributed by atoms with Crippen LogP contribution in [0, 0.1) is 0 Å². The maximum Gasteiger partial charge on any atom is 0.189 e. The summed E-state index contributed by atoms with van der Waals surface area (Å²) < 4.78 is 2.78. The molecule has 0 saturated carbocycles. The molecule has 1 heterocycles. The molecule has 4 heteroatoms. The van der Waals surface area contributed by atoms with Crippen molar-refractivity contribution in [1.82, 2.24) is 9.78 Å². The summed E-state index contributed by atoms with van der Waals surface area (Å²) in [6, 6.07) is 7.82. The number of rotatable bonds is 1. The van der Waals surface area contributed by atoms with Gasteiger partial charge in [-0.1, -0.05) is 15.9 Å². The van der Waals surface area contributed by atoms with Crippen LogP contribution in [0.3, 0.4) is 0 Å². The average molecular weight is 331 g/mol. The smallest absolute Gasteiger partial charge is 0.189 e. The molecule has 0 saturated heterocycles. The Morgan fingerprint density at radius 1 is 1.30 bits per heavy atom. The van der Waals surface area contributed by atoms with Gasteiger partial charge in [-0.2, -0.15) is 5.10 Å². The largest absolute Gasteiger partial charge is 0.289 e. The van der Waals surface area contributed by atoms with Gasteiger partial charge >= 0.3 is 0 Å². The topological polar surface area (TPSA) is 34.9 Å².